The average molecular weight is 281 g/mol. The second-order valence-electron chi connectivity index (χ2n) is 5.34. The van der Waals surface area contributed by atoms with Gasteiger partial charge >= 0.3 is 0 Å². The van der Waals surface area contributed by atoms with Crippen LogP contribution in [0.4, 0.5) is 5.69 Å². The normalized spacial score (nSPS) is 15.7. The Hall–Kier alpha value is -2.13. The lowest BCUT2D eigenvalue weighted by Gasteiger charge is -2.29. The Bertz CT molecular complexity index is 652. The van der Waals surface area contributed by atoms with Gasteiger partial charge in [0.05, 0.1) is 0 Å². The monoisotopic (exact) mass is 281 g/mol. The molecule has 3 nitrogen and oxygen atoms in total. The molecule has 0 aromatic heterocycles. The maximum atomic E-state index is 11.9. The van der Waals surface area contributed by atoms with Crippen molar-refractivity contribution in [3.8, 4) is 0 Å². The van der Waals surface area contributed by atoms with E-state index in [1.807, 2.05) is 60.4 Å². The summed E-state index contributed by atoms with van der Waals surface area (Å²) in [5.74, 6) is 0.182. The summed E-state index contributed by atoms with van der Waals surface area (Å²) in [5.41, 5.74) is 3.89. The number of hydrogen-bond donors (Lipinski definition) is 1. The van der Waals surface area contributed by atoms with Crippen LogP contribution in [-0.2, 0) is 11.2 Å². The molecule has 1 unspecified atom stereocenters. The molecule has 2 aromatic carbocycles. The summed E-state index contributed by atoms with van der Waals surface area (Å²) in [5, 5.41) is 10.5. The zero-order chi connectivity index (χ0) is 14.8. The molecule has 0 fully saturated rings. The molecule has 1 atom stereocenters. The highest BCUT2D eigenvalue weighted by Crippen LogP contribution is 2.31. The van der Waals surface area contributed by atoms with Crippen molar-refractivity contribution in [2.24, 2.45) is 0 Å². The fourth-order valence-electron chi connectivity index (χ4n) is 2.92. The first-order valence-electron chi connectivity index (χ1n) is 7.37. The molecule has 1 aliphatic rings. The van der Waals surface area contributed by atoms with Gasteiger partial charge in [-0.2, -0.15) is 0 Å². The van der Waals surface area contributed by atoms with Crippen molar-refractivity contribution in [2.75, 3.05) is 11.4 Å². The zero-order valence-corrected chi connectivity index (χ0v) is 12.1. The third kappa shape index (κ3) is 2.57. The number of fused-ring (bicyclic) bond motifs is 1. The summed E-state index contributed by atoms with van der Waals surface area (Å²) < 4.78 is 0. The molecule has 1 amide bonds. The molecule has 0 spiro atoms. The van der Waals surface area contributed by atoms with Crippen molar-refractivity contribution in [1.29, 1.82) is 0 Å². The van der Waals surface area contributed by atoms with E-state index in [-0.39, 0.29) is 5.91 Å². The number of nitrogens with zero attached hydrogens (tertiary/aromatic N) is 1. The van der Waals surface area contributed by atoms with Gasteiger partial charge in [0.25, 0.3) is 0 Å². The zero-order valence-electron chi connectivity index (χ0n) is 12.1. The predicted molar refractivity (Wildman–Crippen MR) is 83.3 cm³/mol. The molecule has 0 saturated heterocycles. The van der Waals surface area contributed by atoms with Gasteiger partial charge in [0.2, 0.25) is 5.91 Å². The smallest absolute Gasteiger partial charge is 0.227 e. The van der Waals surface area contributed by atoms with Crippen LogP contribution in [0.5, 0.6) is 0 Å². The van der Waals surface area contributed by atoms with Crippen LogP contribution in [0.25, 0.3) is 0 Å². The van der Waals surface area contributed by atoms with Gasteiger partial charge in [0.15, 0.2) is 0 Å². The average Bonchev–Trinajstić information content (AvgIpc) is 2.54. The minimum atomic E-state index is -0.621. The first kappa shape index (κ1) is 13.8. The molecule has 21 heavy (non-hydrogen) atoms. The van der Waals surface area contributed by atoms with Gasteiger partial charge in [0.1, 0.15) is 6.10 Å². The van der Waals surface area contributed by atoms with E-state index in [0.29, 0.717) is 13.0 Å². The predicted octanol–water partition coefficient (Wildman–Crippen LogP) is 3.07. The number of anilines is 1. The van der Waals surface area contributed by atoms with Crippen LogP contribution < -0.4 is 4.90 Å². The number of aliphatic hydroxyl groups excluding tert-OH is 1. The molecule has 108 valence electrons. The second-order valence-corrected chi connectivity index (χ2v) is 5.34. The van der Waals surface area contributed by atoms with Gasteiger partial charge in [-0.1, -0.05) is 42.5 Å². The minimum Gasteiger partial charge on any atom is -0.384 e. The quantitative estimate of drug-likeness (QED) is 0.939. The molecule has 0 radical (unpaired) electrons. The summed E-state index contributed by atoms with van der Waals surface area (Å²) in [6.45, 7) is 2.67. The summed E-state index contributed by atoms with van der Waals surface area (Å²) >= 11 is 0. The number of carbonyl (C=O) groups is 1. The number of amides is 1. The first-order valence-corrected chi connectivity index (χ1v) is 7.37. The van der Waals surface area contributed by atoms with Crippen molar-refractivity contribution in [3.63, 3.8) is 0 Å². The van der Waals surface area contributed by atoms with Crippen LogP contribution in [0.3, 0.4) is 0 Å². The van der Waals surface area contributed by atoms with Crippen LogP contribution in [0.1, 0.15) is 36.1 Å². The maximum absolute atomic E-state index is 11.9. The number of aliphatic hydroxyl groups is 1. The van der Waals surface area contributed by atoms with Crippen molar-refractivity contribution in [2.45, 2.75) is 25.9 Å². The van der Waals surface area contributed by atoms with Crippen molar-refractivity contribution in [3.05, 3.63) is 65.2 Å². The molecule has 1 heterocycles. The van der Waals surface area contributed by atoms with E-state index in [2.05, 4.69) is 0 Å². The van der Waals surface area contributed by atoms with Crippen LogP contribution in [0.15, 0.2) is 48.5 Å². The highest BCUT2D eigenvalue weighted by Gasteiger charge is 2.23. The Morgan fingerprint density at radius 1 is 1.10 bits per heavy atom. The minimum absolute atomic E-state index is 0.182. The van der Waals surface area contributed by atoms with E-state index in [9.17, 15) is 9.90 Å². The molecule has 3 rings (SSSR count). The van der Waals surface area contributed by atoms with Gasteiger partial charge in [-0.15, -0.1) is 0 Å². The van der Waals surface area contributed by atoms with Gasteiger partial charge in [-0.05, 0) is 36.1 Å². The highest BCUT2D eigenvalue weighted by molar-refractivity contribution is 5.96. The molecule has 0 aliphatic carbocycles. The van der Waals surface area contributed by atoms with Crippen LogP contribution in [0, 0.1) is 0 Å². The molecule has 1 aliphatic heterocycles. The largest absolute Gasteiger partial charge is 0.384 e. The molecule has 2 aromatic rings. The van der Waals surface area contributed by atoms with Crippen molar-refractivity contribution >= 4 is 11.6 Å². The number of rotatable bonds is 3. The van der Waals surface area contributed by atoms with Crippen LogP contribution in [-0.4, -0.2) is 17.6 Å². The van der Waals surface area contributed by atoms with E-state index < -0.39 is 6.10 Å². The van der Waals surface area contributed by atoms with E-state index in [4.69, 9.17) is 0 Å². The first-order chi connectivity index (χ1) is 10.2. The number of carbonyl (C=O) groups excluding carboxylic acids is 1. The highest BCUT2D eigenvalue weighted by atomic mass is 16.3. The molecule has 0 saturated carbocycles. The van der Waals surface area contributed by atoms with E-state index in [1.54, 1.807) is 0 Å². The van der Waals surface area contributed by atoms with Gasteiger partial charge in [-0.3, -0.25) is 4.79 Å². The maximum Gasteiger partial charge on any atom is 0.227 e. The van der Waals surface area contributed by atoms with Crippen LogP contribution >= 0.6 is 0 Å². The van der Waals surface area contributed by atoms with Gasteiger partial charge in [-0.25, -0.2) is 0 Å². The SMILES string of the molecule is CCN1C(=O)CCc2cc(C(O)c3ccccc3)ccc21. The third-order valence-electron chi connectivity index (χ3n) is 4.05. The second kappa shape index (κ2) is 5.70. The lowest BCUT2D eigenvalue weighted by atomic mass is 9.94. The molecule has 0 bridgehead atoms. The fourth-order valence-corrected chi connectivity index (χ4v) is 2.92. The Morgan fingerprint density at radius 3 is 2.57 bits per heavy atom. The molecule has 3 heteroatoms. The topological polar surface area (TPSA) is 40.5 Å². The summed E-state index contributed by atoms with van der Waals surface area (Å²) in [6.07, 6.45) is 0.676. The van der Waals surface area contributed by atoms with E-state index in [1.165, 1.54) is 0 Å². The number of aryl methyl sites for hydroxylation is 1. The third-order valence-corrected chi connectivity index (χ3v) is 4.05. The fraction of sp³-hybridized carbons (Fsp3) is 0.278. The van der Waals surface area contributed by atoms with Crippen molar-refractivity contribution < 1.29 is 9.90 Å². The van der Waals surface area contributed by atoms with Gasteiger partial charge in [0, 0.05) is 18.7 Å². The van der Waals surface area contributed by atoms with E-state index in [0.717, 1.165) is 28.8 Å². The Morgan fingerprint density at radius 2 is 1.86 bits per heavy atom. The Balaban J connectivity index is 1.95. The summed E-state index contributed by atoms with van der Waals surface area (Å²) in [4.78, 5) is 13.7. The summed E-state index contributed by atoms with van der Waals surface area (Å²) in [7, 11) is 0. The van der Waals surface area contributed by atoms with E-state index >= 15 is 0 Å². The number of benzene rings is 2. The lowest BCUT2D eigenvalue weighted by molar-refractivity contribution is -0.118. The molecular formula is C18H19NO2. The summed E-state index contributed by atoms with van der Waals surface area (Å²) in [6, 6.07) is 15.5. The standard InChI is InChI=1S/C18H19NO2/c1-2-19-16-10-8-15(12-14(16)9-11-17(19)20)18(21)13-6-4-3-5-7-13/h3-8,10,12,18,21H,2,9,11H2,1H3. The lowest BCUT2D eigenvalue weighted by Crippen LogP contribution is -2.34. The Kier molecular flexibility index (Phi) is 3.76. The molecule has 1 N–H and O–H groups in total. The Labute approximate surface area is 124 Å². The van der Waals surface area contributed by atoms with Crippen LogP contribution in [0.2, 0.25) is 0 Å². The van der Waals surface area contributed by atoms with Crippen molar-refractivity contribution in [1.82, 2.24) is 0 Å². The van der Waals surface area contributed by atoms with Gasteiger partial charge < -0.3 is 10.0 Å². The number of hydrogen-bond acceptors (Lipinski definition) is 2. The molecular weight excluding hydrogens is 262 g/mol.